The molecular formula is C65H54N9O6S2+. The highest BCUT2D eigenvalue weighted by molar-refractivity contribution is 8.00. The Morgan fingerprint density at radius 2 is 1.26 bits per heavy atom. The molecule has 2 atom stereocenters. The summed E-state index contributed by atoms with van der Waals surface area (Å²) in [5, 5.41) is 17.7. The summed E-state index contributed by atoms with van der Waals surface area (Å²) in [6, 6.07) is 69.2. The predicted molar refractivity (Wildman–Crippen MR) is 316 cm³/mol. The maximum Gasteiger partial charge on any atom is 0.355 e. The molecule has 5 heterocycles. The summed E-state index contributed by atoms with van der Waals surface area (Å²) in [5.41, 5.74) is 11.2. The molecule has 0 aliphatic carbocycles. The molecule has 1 fully saturated rings. The average Bonchev–Trinajstić information content (AvgIpc) is 3.01. The van der Waals surface area contributed by atoms with Gasteiger partial charge in [-0.3, -0.25) is 14.5 Å². The monoisotopic (exact) mass is 1120 g/mol. The van der Waals surface area contributed by atoms with Crippen LogP contribution in [0, 0.1) is 0 Å². The highest BCUT2D eigenvalue weighted by Gasteiger charge is 2.55. The number of oxime groups is 1. The lowest BCUT2D eigenvalue weighted by Gasteiger charge is -2.49. The smallest absolute Gasteiger partial charge is 0.355 e. The number of methoxy groups -OCH3 is 1. The van der Waals surface area contributed by atoms with Crippen LogP contribution in [0.2, 0.25) is 0 Å². The van der Waals surface area contributed by atoms with Crippen LogP contribution in [0.1, 0.15) is 44.6 Å². The number of β-lactam (4-membered cyclic amide) rings is 1. The first kappa shape index (κ1) is 52.8. The molecule has 15 nitrogen and oxygen atoms in total. The number of esters is 1. The number of hydrogen-bond acceptors (Lipinski definition) is 13. The second-order valence-electron chi connectivity index (χ2n) is 19.5. The second-order valence-corrected chi connectivity index (χ2v) is 21.5. The number of hydrogen-bond donors (Lipinski definition) is 3. The maximum absolute atomic E-state index is 15.5. The van der Waals surface area contributed by atoms with Crippen LogP contribution >= 0.6 is 23.1 Å². The molecule has 0 radical (unpaired) electrons. The number of benzene rings is 7. The number of fused-ring (bicyclic) bond motifs is 2. The highest BCUT2D eigenvalue weighted by atomic mass is 32.2. The molecule has 7 aromatic carbocycles. The van der Waals surface area contributed by atoms with Gasteiger partial charge in [-0.05, 0) is 34.4 Å². The van der Waals surface area contributed by atoms with Crippen LogP contribution in [0.3, 0.4) is 0 Å². The SMILES string of the molecule is COc1ccc(COC(=O)C2=C(C[n+]3ccc(N)n4nccc43)CS[C@H]3[C@H](NC(=O)C(=NOC(c4ccccc4)(c4ccccc4)c4ccccc4)c4csc(NC(c5ccccc5)(c5ccccc5)c5ccccc5)n4)C(=O)N23)cc1. The van der Waals surface area contributed by atoms with Gasteiger partial charge in [0.25, 0.3) is 11.8 Å². The number of nitrogens with two attached hydrogens (primary N) is 1. The van der Waals surface area contributed by atoms with E-state index in [1.807, 2.05) is 175 Å². The van der Waals surface area contributed by atoms with Crippen molar-refractivity contribution in [1.29, 1.82) is 0 Å². The summed E-state index contributed by atoms with van der Waals surface area (Å²) < 4.78 is 14.8. The van der Waals surface area contributed by atoms with Crippen LogP contribution in [-0.2, 0) is 48.2 Å². The third-order valence-corrected chi connectivity index (χ3v) is 16.8. The van der Waals surface area contributed by atoms with E-state index in [1.54, 1.807) is 41.4 Å². The van der Waals surface area contributed by atoms with Gasteiger partial charge in [-0.15, -0.1) is 23.1 Å². The number of carbonyl (C=O) groups is 3. The molecule has 0 saturated carbocycles. The van der Waals surface area contributed by atoms with Gasteiger partial charge in [-0.25, -0.2) is 14.3 Å². The van der Waals surface area contributed by atoms with Crippen LogP contribution < -0.4 is 25.7 Å². The Hall–Kier alpha value is -9.84. The summed E-state index contributed by atoms with van der Waals surface area (Å²) in [7, 11) is 1.58. The Labute approximate surface area is 481 Å². The lowest BCUT2D eigenvalue weighted by Crippen LogP contribution is -2.71. The van der Waals surface area contributed by atoms with E-state index in [0.717, 1.165) is 38.9 Å². The lowest BCUT2D eigenvalue weighted by molar-refractivity contribution is -0.666. The van der Waals surface area contributed by atoms with Crippen molar-refractivity contribution in [3.8, 4) is 5.75 Å². The van der Waals surface area contributed by atoms with Gasteiger partial charge < -0.3 is 30.7 Å². The van der Waals surface area contributed by atoms with Gasteiger partial charge >= 0.3 is 11.6 Å². The molecule has 2 aliphatic heterocycles. The average molecular weight is 1120 g/mol. The Bertz CT molecular complexity index is 3770. The molecule has 82 heavy (non-hydrogen) atoms. The number of anilines is 2. The topological polar surface area (TPSA) is 179 Å². The normalized spacial score (nSPS) is 15.3. The van der Waals surface area contributed by atoms with E-state index in [-0.39, 0.29) is 30.3 Å². The van der Waals surface area contributed by atoms with Crippen molar-refractivity contribution in [2.45, 2.75) is 35.7 Å². The summed E-state index contributed by atoms with van der Waals surface area (Å²) in [6.45, 7) is 0.148. The van der Waals surface area contributed by atoms with Gasteiger partial charge in [0.15, 0.2) is 10.8 Å². The van der Waals surface area contributed by atoms with Gasteiger partial charge in [0.2, 0.25) is 11.4 Å². The molecule has 0 spiro atoms. The van der Waals surface area contributed by atoms with Gasteiger partial charge in [0, 0.05) is 39.5 Å². The fourth-order valence-corrected chi connectivity index (χ4v) is 12.8. The largest absolute Gasteiger partial charge is 0.497 e. The van der Waals surface area contributed by atoms with Crippen molar-refractivity contribution >= 4 is 63.2 Å². The summed E-state index contributed by atoms with van der Waals surface area (Å²) in [6.07, 6.45) is 3.45. The van der Waals surface area contributed by atoms with E-state index >= 15 is 4.79 Å². The van der Waals surface area contributed by atoms with Crippen molar-refractivity contribution in [3.05, 3.63) is 292 Å². The number of thiazole rings is 1. The zero-order chi connectivity index (χ0) is 56.0. The van der Waals surface area contributed by atoms with Gasteiger partial charge in [-0.2, -0.15) is 0 Å². The third-order valence-electron chi connectivity index (χ3n) is 14.7. The number of amides is 2. The number of ether oxygens (including phenoxy) is 2. The van der Waals surface area contributed by atoms with Crippen molar-refractivity contribution in [2.24, 2.45) is 5.16 Å². The fourth-order valence-electron chi connectivity index (χ4n) is 10.7. The number of thioether (sulfide) groups is 1. The fraction of sp³-hybridized carbons (Fsp3) is 0.123. The van der Waals surface area contributed by atoms with Crippen LogP contribution in [0.5, 0.6) is 5.75 Å². The Morgan fingerprint density at radius 1 is 0.720 bits per heavy atom. The quantitative estimate of drug-likeness (QED) is 0.0175. The van der Waals surface area contributed by atoms with Crippen LogP contribution in [0.4, 0.5) is 10.9 Å². The van der Waals surface area contributed by atoms with Crippen molar-refractivity contribution in [3.63, 3.8) is 0 Å². The van der Waals surface area contributed by atoms with E-state index in [0.29, 0.717) is 33.7 Å². The second kappa shape index (κ2) is 23.1. The van der Waals surface area contributed by atoms with Crippen LogP contribution in [-0.4, -0.2) is 67.3 Å². The molecule has 10 aromatic rings. The molecule has 4 N–H and O–H groups in total. The zero-order valence-electron chi connectivity index (χ0n) is 44.3. The molecule has 3 aromatic heterocycles. The highest BCUT2D eigenvalue weighted by Crippen LogP contribution is 2.44. The van der Waals surface area contributed by atoms with Crippen molar-refractivity contribution < 1.29 is 33.3 Å². The maximum atomic E-state index is 15.5. The van der Waals surface area contributed by atoms with Gasteiger partial charge in [-0.1, -0.05) is 209 Å². The zero-order valence-corrected chi connectivity index (χ0v) is 46.0. The molecule has 2 aliphatic rings. The first-order chi connectivity index (χ1) is 40.2. The summed E-state index contributed by atoms with van der Waals surface area (Å²) >= 11 is 2.72. The number of aromatic nitrogens is 4. The number of nitrogens with one attached hydrogen (secondary N) is 2. The minimum atomic E-state index is -1.38. The molecule has 406 valence electrons. The lowest BCUT2D eigenvalue weighted by atomic mass is 9.77. The van der Waals surface area contributed by atoms with E-state index in [2.05, 4.69) is 52.1 Å². The Morgan fingerprint density at radius 3 is 1.79 bits per heavy atom. The Kier molecular flexibility index (Phi) is 14.9. The summed E-state index contributed by atoms with van der Waals surface area (Å²) in [5.74, 6) is -0.520. The number of nitrogen functional groups attached to an aromatic ring is 1. The van der Waals surface area contributed by atoms with Crippen molar-refractivity contribution in [2.75, 3.05) is 23.9 Å². The Balaban J connectivity index is 0.932. The molecular weight excluding hydrogens is 1070 g/mol. The number of carbonyl (C=O) groups excluding carboxylic acids is 3. The molecule has 0 bridgehead atoms. The van der Waals surface area contributed by atoms with E-state index in [9.17, 15) is 9.59 Å². The van der Waals surface area contributed by atoms with E-state index < -0.39 is 40.3 Å². The molecule has 2 amide bonds. The van der Waals surface area contributed by atoms with Gasteiger partial charge in [0.05, 0.1) is 25.6 Å². The molecule has 0 unspecified atom stereocenters. The standard InChI is InChI=1S/C65H53N9O6S2/c1-78-52-34-32-44(33-35-52)41-79-62(77)58-45(40-72-39-37-54(66)74-55(72)36-38-67-74)42-81-61-57(60(76)73(58)61)69-59(75)56(71-80-65(49-26-14-5-15-27-49,50-28-16-6-17-29-50)51-30-18-7-19-31-51)53-43-82-63(68-53)70-64(46-20-8-2-9-21-46,47-22-10-3-11-23-47)48-24-12-4-13-25-48/h2-39,43,57,61,66H,40-42H2,1H3,(H2,68,69,70,75)/p+1/t57-,61+/m1/s1. The minimum Gasteiger partial charge on any atom is -0.497 e. The first-order valence-electron chi connectivity index (χ1n) is 26.5. The molecule has 1 saturated heterocycles. The van der Waals surface area contributed by atoms with Crippen LogP contribution in [0.15, 0.2) is 253 Å². The number of rotatable bonds is 19. The van der Waals surface area contributed by atoms with Crippen LogP contribution in [0.25, 0.3) is 5.65 Å². The predicted octanol–water partition coefficient (Wildman–Crippen LogP) is 9.88. The van der Waals surface area contributed by atoms with E-state index in [1.165, 1.54) is 28.0 Å². The molecule has 17 heteroatoms. The first-order valence-corrected chi connectivity index (χ1v) is 28.4. The minimum absolute atomic E-state index is 0.0641. The summed E-state index contributed by atoms with van der Waals surface area (Å²) in [4.78, 5) is 58.6. The third kappa shape index (κ3) is 10.0. The van der Waals surface area contributed by atoms with E-state index in [4.69, 9.17) is 30.2 Å². The number of nitrogens with zero attached hydrogens (tertiary/aromatic N) is 6. The molecule has 12 rings (SSSR count). The van der Waals surface area contributed by atoms with Gasteiger partial charge in [0.1, 0.15) is 47.2 Å². The van der Waals surface area contributed by atoms with Crippen molar-refractivity contribution in [1.82, 2.24) is 24.8 Å².